The molecule has 1 saturated heterocycles. The fraction of sp³-hybridized carbons (Fsp3) is 0.0870. The van der Waals surface area contributed by atoms with Gasteiger partial charge in [-0.05, 0) is 54.2 Å². The maximum Gasteiger partial charge on any atom is 0.294 e. The zero-order valence-corrected chi connectivity index (χ0v) is 19.7. The number of nitro benzene ring substituents is 1. The Morgan fingerprint density at radius 3 is 2.71 bits per heavy atom. The number of nitrogens with one attached hydrogen (secondary N) is 1. The molecule has 178 valence electrons. The molecule has 4 rings (SSSR count). The van der Waals surface area contributed by atoms with E-state index in [0.29, 0.717) is 39.6 Å². The average Bonchev–Trinajstić information content (AvgIpc) is 3.39. The third kappa shape index (κ3) is 5.20. The molecule has 3 amide bonds. The minimum Gasteiger partial charge on any atom is -0.495 e. The molecule has 0 radical (unpaired) electrons. The SMILES string of the molecule is COc1ccc(NC(=O)CN2C(=O)S/C(=C\c3cccn3-c3cccc([N+](=O)[O-])c3)C2=O)cc1Cl. The van der Waals surface area contributed by atoms with Gasteiger partial charge < -0.3 is 14.6 Å². The molecule has 2 aromatic carbocycles. The fourth-order valence-corrected chi connectivity index (χ4v) is 4.44. The predicted molar refractivity (Wildman–Crippen MR) is 132 cm³/mol. The van der Waals surface area contributed by atoms with Crippen molar-refractivity contribution in [3.63, 3.8) is 0 Å². The van der Waals surface area contributed by atoms with E-state index in [1.54, 1.807) is 47.2 Å². The summed E-state index contributed by atoms with van der Waals surface area (Å²) >= 11 is 6.76. The number of carbonyl (C=O) groups excluding carboxylic acids is 3. The number of carbonyl (C=O) groups is 3. The molecule has 1 aromatic heterocycles. The molecule has 0 spiro atoms. The van der Waals surface area contributed by atoms with Gasteiger partial charge in [-0.15, -0.1) is 0 Å². The quantitative estimate of drug-likeness (QED) is 0.276. The van der Waals surface area contributed by atoms with Gasteiger partial charge in [-0.1, -0.05) is 17.7 Å². The van der Waals surface area contributed by atoms with E-state index >= 15 is 0 Å². The highest BCUT2D eigenvalue weighted by molar-refractivity contribution is 8.18. The monoisotopic (exact) mass is 512 g/mol. The lowest BCUT2D eigenvalue weighted by atomic mass is 10.2. The molecule has 3 aromatic rings. The Balaban J connectivity index is 1.50. The summed E-state index contributed by atoms with van der Waals surface area (Å²) in [4.78, 5) is 49.3. The molecule has 35 heavy (non-hydrogen) atoms. The minimum atomic E-state index is -0.616. The second-order valence-electron chi connectivity index (χ2n) is 7.25. The standard InChI is InChI=1S/C23H17ClN4O6S/c1-34-19-8-7-14(10-18(19)24)25-21(29)13-27-22(30)20(35-23(27)31)12-16-6-3-9-26(16)15-4-2-5-17(11-15)28(32)33/h2-12H,13H2,1H3,(H,25,29)/b20-12-. The molecule has 12 heteroatoms. The zero-order valence-electron chi connectivity index (χ0n) is 18.1. The minimum absolute atomic E-state index is 0.0772. The Kier molecular flexibility index (Phi) is 6.90. The van der Waals surface area contributed by atoms with Gasteiger partial charge >= 0.3 is 0 Å². The van der Waals surface area contributed by atoms with Crippen LogP contribution in [0.5, 0.6) is 5.75 Å². The van der Waals surface area contributed by atoms with Crippen molar-refractivity contribution >= 4 is 57.9 Å². The van der Waals surface area contributed by atoms with Crippen molar-refractivity contribution in [3.8, 4) is 11.4 Å². The van der Waals surface area contributed by atoms with E-state index in [2.05, 4.69) is 5.32 Å². The van der Waals surface area contributed by atoms with Gasteiger partial charge in [0, 0.05) is 29.7 Å². The first-order chi connectivity index (χ1) is 16.8. The van der Waals surface area contributed by atoms with Gasteiger partial charge in [0.2, 0.25) is 5.91 Å². The Morgan fingerprint density at radius 2 is 2.00 bits per heavy atom. The summed E-state index contributed by atoms with van der Waals surface area (Å²) in [5.41, 5.74) is 1.37. The van der Waals surface area contributed by atoms with Crippen LogP contribution in [-0.4, -0.2) is 45.1 Å². The summed E-state index contributed by atoms with van der Waals surface area (Å²) < 4.78 is 6.72. The Labute approximate surface area is 208 Å². The smallest absolute Gasteiger partial charge is 0.294 e. The molecule has 2 heterocycles. The number of thioether (sulfide) groups is 1. The number of rotatable bonds is 7. The molecule has 0 unspecified atom stereocenters. The molecular formula is C23H17ClN4O6S. The number of halogens is 1. The number of non-ortho nitro benzene ring substituents is 1. The van der Waals surface area contributed by atoms with Crippen LogP contribution >= 0.6 is 23.4 Å². The number of nitro groups is 1. The first-order valence-electron chi connectivity index (χ1n) is 10.1. The first kappa shape index (κ1) is 24.0. The summed E-state index contributed by atoms with van der Waals surface area (Å²) in [6.45, 7) is -0.475. The average molecular weight is 513 g/mol. The van der Waals surface area contributed by atoms with Crippen LogP contribution in [0.3, 0.4) is 0 Å². The summed E-state index contributed by atoms with van der Waals surface area (Å²) in [6, 6.07) is 14.1. The number of hydrogen-bond acceptors (Lipinski definition) is 7. The number of methoxy groups -OCH3 is 1. The lowest BCUT2D eigenvalue weighted by Crippen LogP contribution is -2.36. The Bertz CT molecular complexity index is 1390. The summed E-state index contributed by atoms with van der Waals surface area (Å²) in [5, 5.41) is 13.4. The van der Waals surface area contributed by atoms with Crippen molar-refractivity contribution in [1.29, 1.82) is 0 Å². The number of amides is 3. The highest BCUT2D eigenvalue weighted by atomic mass is 35.5. The van der Waals surface area contributed by atoms with Gasteiger partial charge in [-0.3, -0.25) is 29.4 Å². The third-order valence-electron chi connectivity index (χ3n) is 4.99. The third-order valence-corrected chi connectivity index (χ3v) is 6.19. The number of aromatic nitrogens is 1. The molecule has 0 saturated carbocycles. The lowest BCUT2D eigenvalue weighted by Gasteiger charge is -2.13. The van der Waals surface area contributed by atoms with Crippen LogP contribution in [0.4, 0.5) is 16.2 Å². The number of nitrogens with zero attached hydrogens (tertiary/aromatic N) is 3. The maximum atomic E-state index is 12.9. The molecule has 1 N–H and O–H groups in total. The number of hydrogen-bond donors (Lipinski definition) is 1. The van der Waals surface area contributed by atoms with Crippen molar-refractivity contribution in [3.05, 3.63) is 86.5 Å². The van der Waals surface area contributed by atoms with Crippen molar-refractivity contribution in [1.82, 2.24) is 9.47 Å². The van der Waals surface area contributed by atoms with E-state index in [4.69, 9.17) is 16.3 Å². The molecule has 1 aliphatic rings. The number of anilines is 1. The normalized spacial score (nSPS) is 14.5. The molecule has 0 bridgehead atoms. The second kappa shape index (κ2) is 10.0. The van der Waals surface area contributed by atoms with Gasteiger partial charge in [0.1, 0.15) is 12.3 Å². The summed E-state index contributed by atoms with van der Waals surface area (Å²) in [5.74, 6) is -0.750. The number of imide groups is 1. The van der Waals surface area contributed by atoms with E-state index in [9.17, 15) is 24.5 Å². The van der Waals surface area contributed by atoms with Crippen molar-refractivity contribution < 1.29 is 24.0 Å². The fourth-order valence-electron chi connectivity index (χ4n) is 3.36. The molecule has 0 aliphatic carbocycles. The van der Waals surface area contributed by atoms with E-state index < -0.39 is 28.5 Å². The topological polar surface area (TPSA) is 124 Å². The van der Waals surface area contributed by atoms with Crippen molar-refractivity contribution in [2.75, 3.05) is 19.0 Å². The van der Waals surface area contributed by atoms with Gasteiger partial charge in [0.15, 0.2) is 0 Å². The predicted octanol–water partition coefficient (Wildman–Crippen LogP) is 4.72. The molecule has 10 nitrogen and oxygen atoms in total. The highest BCUT2D eigenvalue weighted by Gasteiger charge is 2.36. The van der Waals surface area contributed by atoms with Crippen LogP contribution in [0.25, 0.3) is 11.8 Å². The van der Waals surface area contributed by atoms with Crippen LogP contribution in [0.2, 0.25) is 5.02 Å². The van der Waals surface area contributed by atoms with Crippen LogP contribution in [0, 0.1) is 10.1 Å². The summed E-state index contributed by atoms with van der Waals surface area (Å²) in [7, 11) is 1.47. The Morgan fingerprint density at radius 1 is 1.20 bits per heavy atom. The van der Waals surface area contributed by atoms with Gasteiger partial charge in [-0.25, -0.2) is 0 Å². The molecule has 1 fully saturated rings. The Hall–Kier alpha value is -4.09. The molecule has 0 atom stereocenters. The largest absolute Gasteiger partial charge is 0.495 e. The highest BCUT2D eigenvalue weighted by Crippen LogP contribution is 2.33. The summed E-state index contributed by atoms with van der Waals surface area (Å²) in [6.07, 6.45) is 3.19. The van der Waals surface area contributed by atoms with Gasteiger partial charge in [-0.2, -0.15) is 0 Å². The van der Waals surface area contributed by atoms with E-state index in [1.165, 1.54) is 31.4 Å². The zero-order chi connectivity index (χ0) is 25.1. The number of benzene rings is 2. The molecule has 1 aliphatic heterocycles. The van der Waals surface area contributed by atoms with Gasteiger partial charge in [0.05, 0.1) is 27.6 Å². The van der Waals surface area contributed by atoms with Crippen LogP contribution in [0.1, 0.15) is 5.69 Å². The van der Waals surface area contributed by atoms with E-state index in [-0.39, 0.29) is 10.6 Å². The van der Waals surface area contributed by atoms with Crippen LogP contribution in [-0.2, 0) is 9.59 Å². The molecular weight excluding hydrogens is 496 g/mol. The van der Waals surface area contributed by atoms with Crippen molar-refractivity contribution in [2.24, 2.45) is 0 Å². The lowest BCUT2D eigenvalue weighted by molar-refractivity contribution is -0.384. The van der Waals surface area contributed by atoms with Crippen LogP contribution in [0.15, 0.2) is 65.7 Å². The van der Waals surface area contributed by atoms with Crippen molar-refractivity contribution in [2.45, 2.75) is 0 Å². The van der Waals surface area contributed by atoms with E-state index in [0.717, 1.165) is 4.90 Å². The number of ether oxygens (including phenoxy) is 1. The first-order valence-corrected chi connectivity index (χ1v) is 11.3. The maximum absolute atomic E-state index is 12.9. The second-order valence-corrected chi connectivity index (χ2v) is 8.65. The van der Waals surface area contributed by atoms with E-state index in [1.807, 2.05) is 0 Å². The van der Waals surface area contributed by atoms with Gasteiger partial charge in [0.25, 0.3) is 16.8 Å². The van der Waals surface area contributed by atoms with Crippen LogP contribution < -0.4 is 10.1 Å².